The Morgan fingerprint density at radius 1 is 1.44 bits per heavy atom. The van der Waals surface area contributed by atoms with Crippen molar-refractivity contribution < 1.29 is 14.6 Å². The van der Waals surface area contributed by atoms with Gasteiger partial charge in [0.1, 0.15) is 18.0 Å². The molecule has 0 spiro atoms. The number of alkyl halides is 1. The van der Waals surface area contributed by atoms with E-state index in [9.17, 15) is 9.50 Å². The van der Waals surface area contributed by atoms with Gasteiger partial charge in [0.15, 0.2) is 5.65 Å². The highest BCUT2D eigenvalue weighted by molar-refractivity contribution is 5.69. The van der Waals surface area contributed by atoms with Gasteiger partial charge in [0, 0.05) is 12.5 Å². The molecule has 1 saturated carbocycles. The zero-order chi connectivity index (χ0) is 12.7. The van der Waals surface area contributed by atoms with E-state index in [4.69, 9.17) is 5.11 Å². The normalized spacial score (nSPS) is 32.2. The lowest BCUT2D eigenvalue weighted by molar-refractivity contribution is 0.0400. The third-order valence-electron chi connectivity index (χ3n) is 3.55. The first-order valence-corrected chi connectivity index (χ1v) is 5.78. The van der Waals surface area contributed by atoms with Gasteiger partial charge in [-0.15, -0.1) is 0 Å². The molecule has 4 atom stereocenters. The molecule has 18 heavy (non-hydrogen) atoms. The molecule has 96 valence electrons. The van der Waals surface area contributed by atoms with Gasteiger partial charge in [0.05, 0.1) is 24.7 Å². The quantitative estimate of drug-likeness (QED) is 0.790. The van der Waals surface area contributed by atoms with Crippen molar-refractivity contribution >= 4 is 11.2 Å². The molecule has 2 aromatic rings. The van der Waals surface area contributed by atoms with Crippen LogP contribution in [-0.4, -0.2) is 48.6 Å². The molecule has 1 aliphatic rings. The number of rotatable bonds is 2. The molecule has 3 rings (SSSR count). The van der Waals surface area contributed by atoms with Crippen LogP contribution in [0.5, 0.6) is 0 Å². The summed E-state index contributed by atoms with van der Waals surface area (Å²) in [6.07, 6.45) is 2.25. The van der Waals surface area contributed by atoms with Crippen molar-refractivity contribution in [1.29, 1.82) is 0 Å². The van der Waals surface area contributed by atoms with Gasteiger partial charge in [0.25, 0.3) is 0 Å². The van der Waals surface area contributed by atoms with Crippen molar-refractivity contribution in [1.82, 2.24) is 19.5 Å². The van der Waals surface area contributed by atoms with E-state index in [0.29, 0.717) is 17.6 Å². The van der Waals surface area contributed by atoms with Gasteiger partial charge in [0.2, 0.25) is 0 Å². The molecule has 0 aliphatic heterocycles. The fourth-order valence-corrected chi connectivity index (χ4v) is 2.54. The predicted octanol–water partition coefficient (Wildman–Crippen LogP) is 0.0786. The van der Waals surface area contributed by atoms with Gasteiger partial charge in [-0.2, -0.15) is 0 Å². The second-order valence-corrected chi connectivity index (χ2v) is 4.56. The van der Waals surface area contributed by atoms with Gasteiger partial charge in [-0.3, -0.25) is 0 Å². The number of aliphatic hydroxyl groups excluding tert-OH is 2. The first-order valence-electron chi connectivity index (χ1n) is 5.78. The van der Waals surface area contributed by atoms with E-state index >= 15 is 0 Å². The second kappa shape index (κ2) is 4.25. The summed E-state index contributed by atoms with van der Waals surface area (Å²) in [5.41, 5.74) is 1.13. The largest absolute Gasteiger partial charge is 0.396 e. The second-order valence-electron chi connectivity index (χ2n) is 4.56. The van der Waals surface area contributed by atoms with Crippen molar-refractivity contribution in [2.75, 3.05) is 6.61 Å². The van der Waals surface area contributed by atoms with Crippen LogP contribution in [0.2, 0.25) is 0 Å². The molecule has 0 radical (unpaired) electrons. The van der Waals surface area contributed by atoms with E-state index in [2.05, 4.69) is 15.0 Å². The topological polar surface area (TPSA) is 84.1 Å². The lowest BCUT2D eigenvalue weighted by atomic mass is 10.1. The van der Waals surface area contributed by atoms with Crippen LogP contribution in [0, 0.1) is 5.92 Å². The van der Waals surface area contributed by atoms with Crippen molar-refractivity contribution in [2.24, 2.45) is 5.92 Å². The van der Waals surface area contributed by atoms with Gasteiger partial charge < -0.3 is 14.8 Å². The molecule has 0 unspecified atom stereocenters. The highest BCUT2D eigenvalue weighted by Crippen LogP contribution is 2.38. The summed E-state index contributed by atoms with van der Waals surface area (Å²) >= 11 is 0. The third-order valence-corrected chi connectivity index (χ3v) is 3.55. The zero-order valence-electron chi connectivity index (χ0n) is 9.52. The van der Waals surface area contributed by atoms with E-state index in [1.807, 2.05) is 0 Å². The number of fused-ring (bicyclic) bond motifs is 1. The van der Waals surface area contributed by atoms with Crippen LogP contribution in [0.25, 0.3) is 11.2 Å². The Kier molecular flexibility index (Phi) is 2.71. The Bertz CT molecular complexity index is 561. The molecular weight excluding hydrogens is 239 g/mol. The summed E-state index contributed by atoms with van der Waals surface area (Å²) in [6.45, 7) is -0.223. The standard InChI is InChI=1S/C11H13FN4O2/c12-9-8(1-6(3-17)10(9)18)16-5-15-7-2-13-4-14-11(7)16/h2,4-6,8-10,17-18H,1,3H2/t6-,8-,9+,10-/m1/s1. The van der Waals surface area contributed by atoms with E-state index < -0.39 is 24.2 Å². The van der Waals surface area contributed by atoms with Gasteiger partial charge >= 0.3 is 0 Å². The molecule has 0 bridgehead atoms. The highest BCUT2D eigenvalue weighted by atomic mass is 19.1. The monoisotopic (exact) mass is 252 g/mol. The smallest absolute Gasteiger partial charge is 0.163 e. The maximum absolute atomic E-state index is 14.1. The summed E-state index contributed by atoms with van der Waals surface area (Å²) in [6, 6.07) is -0.544. The van der Waals surface area contributed by atoms with Crippen molar-refractivity contribution in [2.45, 2.75) is 24.7 Å². The summed E-state index contributed by atoms with van der Waals surface area (Å²) in [7, 11) is 0. The van der Waals surface area contributed by atoms with Gasteiger partial charge in [-0.05, 0) is 6.42 Å². The van der Waals surface area contributed by atoms with E-state index in [0.717, 1.165) is 0 Å². The molecule has 2 N–H and O–H groups in total. The molecule has 0 amide bonds. The Morgan fingerprint density at radius 3 is 3.00 bits per heavy atom. The van der Waals surface area contributed by atoms with Gasteiger partial charge in [-0.1, -0.05) is 0 Å². The fourth-order valence-electron chi connectivity index (χ4n) is 2.54. The highest BCUT2D eigenvalue weighted by Gasteiger charge is 2.43. The number of imidazole rings is 1. The Balaban J connectivity index is 2.00. The number of nitrogens with zero attached hydrogens (tertiary/aromatic N) is 4. The molecule has 1 fully saturated rings. The first-order chi connectivity index (χ1) is 8.72. The predicted molar refractivity (Wildman–Crippen MR) is 60.5 cm³/mol. The number of halogens is 1. The lowest BCUT2D eigenvalue weighted by Crippen LogP contribution is -2.26. The van der Waals surface area contributed by atoms with Crippen molar-refractivity contribution in [3.05, 3.63) is 18.9 Å². The van der Waals surface area contributed by atoms with E-state index in [1.165, 1.54) is 12.7 Å². The Hall–Kier alpha value is -1.60. The number of aliphatic hydroxyl groups is 2. The fraction of sp³-hybridized carbons (Fsp3) is 0.545. The maximum Gasteiger partial charge on any atom is 0.163 e. The maximum atomic E-state index is 14.1. The van der Waals surface area contributed by atoms with Crippen LogP contribution in [0.15, 0.2) is 18.9 Å². The molecule has 7 heteroatoms. The SMILES string of the molecule is OC[C@H]1C[C@@H](n2cnc3cncnc32)[C@H](F)[C@@H]1O. The Labute approximate surface area is 102 Å². The average molecular weight is 252 g/mol. The minimum Gasteiger partial charge on any atom is -0.396 e. The average Bonchev–Trinajstić information content (AvgIpc) is 2.93. The third kappa shape index (κ3) is 1.58. The van der Waals surface area contributed by atoms with Crippen molar-refractivity contribution in [3.8, 4) is 0 Å². The number of hydrogen-bond donors (Lipinski definition) is 2. The molecule has 2 aromatic heterocycles. The lowest BCUT2D eigenvalue weighted by Gasteiger charge is -2.15. The zero-order valence-corrected chi connectivity index (χ0v) is 9.52. The number of hydrogen-bond acceptors (Lipinski definition) is 5. The van der Waals surface area contributed by atoms with Crippen LogP contribution >= 0.6 is 0 Å². The first kappa shape index (κ1) is 11.5. The Morgan fingerprint density at radius 2 is 2.28 bits per heavy atom. The van der Waals surface area contributed by atoms with Crippen LogP contribution in [-0.2, 0) is 0 Å². The van der Waals surface area contributed by atoms with Crippen LogP contribution < -0.4 is 0 Å². The summed E-state index contributed by atoms with van der Waals surface area (Å²) in [5, 5.41) is 18.8. The van der Waals surface area contributed by atoms with Gasteiger partial charge in [-0.25, -0.2) is 19.3 Å². The molecule has 6 nitrogen and oxygen atoms in total. The minimum atomic E-state index is -1.42. The molecule has 1 aliphatic carbocycles. The van der Waals surface area contributed by atoms with Crippen LogP contribution in [0.4, 0.5) is 4.39 Å². The summed E-state index contributed by atoms with van der Waals surface area (Å²) in [5.74, 6) is -0.440. The summed E-state index contributed by atoms with van der Waals surface area (Å²) in [4.78, 5) is 12.0. The minimum absolute atomic E-state index is 0.223. The molecule has 0 aromatic carbocycles. The molecular formula is C11H13FN4O2. The molecule has 0 saturated heterocycles. The summed E-state index contributed by atoms with van der Waals surface area (Å²) < 4.78 is 15.7. The van der Waals surface area contributed by atoms with E-state index in [1.54, 1.807) is 10.8 Å². The number of aromatic nitrogens is 4. The van der Waals surface area contributed by atoms with Crippen LogP contribution in [0.3, 0.4) is 0 Å². The molecule has 2 heterocycles. The van der Waals surface area contributed by atoms with Crippen LogP contribution in [0.1, 0.15) is 12.5 Å². The van der Waals surface area contributed by atoms with Crippen molar-refractivity contribution in [3.63, 3.8) is 0 Å². The van der Waals surface area contributed by atoms with E-state index in [-0.39, 0.29) is 6.61 Å².